The fourth-order valence-corrected chi connectivity index (χ4v) is 4.99. The largest absolute Gasteiger partial charge is 0.467 e. The number of esters is 1. The van der Waals surface area contributed by atoms with Crippen molar-refractivity contribution in [3.05, 3.63) is 11.6 Å². The van der Waals surface area contributed by atoms with E-state index in [9.17, 15) is 9.59 Å². The lowest BCUT2D eigenvalue weighted by Gasteiger charge is -2.42. The Bertz CT molecular complexity index is 713. The van der Waals surface area contributed by atoms with Crippen LogP contribution in [0.5, 0.6) is 0 Å². The van der Waals surface area contributed by atoms with Gasteiger partial charge in [-0.25, -0.2) is 9.59 Å². The molecule has 31 heavy (non-hydrogen) atoms. The van der Waals surface area contributed by atoms with Gasteiger partial charge in [-0.2, -0.15) is 0 Å². The monoisotopic (exact) mass is 439 g/mol. The molecule has 1 aliphatic carbocycles. The average Bonchev–Trinajstić information content (AvgIpc) is 3.62. The van der Waals surface area contributed by atoms with Gasteiger partial charge in [0.15, 0.2) is 0 Å². The minimum absolute atomic E-state index is 0.0476. The number of rotatable bonds is 8. The molecule has 1 unspecified atom stereocenters. The lowest BCUT2D eigenvalue weighted by molar-refractivity contribution is -0.144. The number of epoxide rings is 2. The summed E-state index contributed by atoms with van der Waals surface area (Å²) in [6.07, 6.45) is 3.04. The summed E-state index contributed by atoms with van der Waals surface area (Å²) in [7, 11) is 2.93. The summed E-state index contributed by atoms with van der Waals surface area (Å²) in [5.41, 5.74) is 0.580. The van der Waals surface area contributed by atoms with Crippen LogP contribution in [0.15, 0.2) is 11.6 Å². The van der Waals surface area contributed by atoms with E-state index < -0.39 is 29.8 Å². The van der Waals surface area contributed by atoms with Crippen molar-refractivity contribution in [1.82, 2.24) is 5.32 Å². The van der Waals surface area contributed by atoms with Crippen LogP contribution in [0.25, 0.3) is 0 Å². The Morgan fingerprint density at radius 1 is 1.26 bits per heavy atom. The van der Waals surface area contributed by atoms with Gasteiger partial charge in [0.1, 0.15) is 29.5 Å². The summed E-state index contributed by atoms with van der Waals surface area (Å²) in [4.78, 5) is 24.6. The second-order valence-electron chi connectivity index (χ2n) is 9.71. The molecule has 7 atom stereocenters. The van der Waals surface area contributed by atoms with Crippen LogP contribution < -0.4 is 5.32 Å². The third-order valence-electron chi connectivity index (χ3n) is 6.89. The highest BCUT2D eigenvalue weighted by atomic mass is 16.6. The minimum atomic E-state index is -0.770. The van der Waals surface area contributed by atoms with Gasteiger partial charge < -0.3 is 29.0 Å². The van der Waals surface area contributed by atoms with Crippen molar-refractivity contribution in [2.75, 3.05) is 20.8 Å². The first-order valence-electron chi connectivity index (χ1n) is 11.1. The lowest BCUT2D eigenvalue weighted by Crippen LogP contribution is -2.56. The maximum Gasteiger partial charge on any atom is 0.408 e. The molecule has 0 aromatic heterocycles. The molecule has 2 heterocycles. The van der Waals surface area contributed by atoms with Crippen LogP contribution in [0.1, 0.15) is 53.9 Å². The van der Waals surface area contributed by atoms with E-state index in [1.54, 1.807) is 7.11 Å². The number of carbonyl (C=O) groups is 2. The SMILES string of the molecule is COC(=O)C(NC(=O)O[C@@H]1CC[C@]2(CO2)[C@@H]([C@@]2(C)O[C@@H]2CC=C(C)C)[C@@H]1OC)C(C)C. The third kappa shape index (κ3) is 4.91. The molecule has 1 saturated carbocycles. The quantitative estimate of drug-likeness (QED) is 0.353. The van der Waals surface area contributed by atoms with Crippen LogP contribution >= 0.6 is 0 Å². The van der Waals surface area contributed by atoms with E-state index in [0.29, 0.717) is 13.0 Å². The van der Waals surface area contributed by atoms with Gasteiger partial charge in [0, 0.05) is 7.11 Å². The smallest absolute Gasteiger partial charge is 0.408 e. The van der Waals surface area contributed by atoms with Crippen molar-refractivity contribution in [1.29, 1.82) is 0 Å². The molecule has 1 N–H and O–H groups in total. The van der Waals surface area contributed by atoms with Crippen LogP contribution in [0.4, 0.5) is 4.79 Å². The second-order valence-corrected chi connectivity index (χ2v) is 9.71. The standard InChI is InChI=1S/C23H37NO7/c1-13(2)8-9-16-22(5,31-16)19-18(27-6)15(10-11-23(19)12-29-23)30-21(26)24-17(14(3)4)20(25)28-7/h8,14-19H,9-12H2,1-7H3,(H,24,26)/t15-,16-,17?,18-,19-,22+,23+/m1/s1. The highest BCUT2D eigenvalue weighted by Gasteiger charge is 2.72. The van der Waals surface area contributed by atoms with Gasteiger partial charge in [0.05, 0.1) is 25.7 Å². The molecular formula is C23H37NO7. The van der Waals surface area contributed by atoms with Crippen molar-refractivity contribution in [3.63, 3.8) is 0 Å². The average molecular weight is 440 g/mol. The molecule has 1 spiro atoms. The summed E-state index contributed by atoms with van der Waals surface area (Å²) in [6, 6.07) is -0.770. The van der Waals surface area contributed by atoms with Gasteiger partial charge in [-0.1, -0.05) is 25.5 Å². The van der Waals surface area contributed by atoms with E-state index in [2.05, 4.69) is 32.2 Å². The predicted molar refractivity (Wildman–Crippen MR) is 114 cm³/mol. The summed E-state index contributed by atoms with van der Waals surface area (Å²) in [5, 5.41) is 2.64. The maximum atomic E-state index is 12.6. The molecule has 3 aliphatic rings. The molecule has 3 fully saturated rings. The van der Waals surface area contributed by atoms with Gasteiger partial charge in [0.2, 0.25) is 0 Å². The number of nitrogens with one attached hydrogen (secondary N) is 1. The molecule has 0 aromatic rings. The predicted octanol–water partition coefficient (Wildman–Crippen LogP) is 2.99. The Hall–Kier alpha value is -1.64. The number of allylic oxidation sites excluding steroid dienone is 1. The van der Waals surface area contributed by atoms with E-state index in [1.165, 1.54) is 12.7 Å². The number of ether oxygens (including phenoxy) is 5. The normalized spacial score (nSPS) is 37.2. The molecule has 0 bridgehead atoms. The highest BCUT2D eigenvalue weighted by molar-refractivity contribution is 5.81. The Kier molecular flexibility index (Phi) is 7.03. The first-order valence-corrected chi connectivity index (χ1v) is 11.1. The number of methoxy groups -OCH3 is 2. The zero-order chi connectivity index (χ0) is 23.0. The fraction of sp³-hybridized carbons (Fsp3) is 0.826. The van der Waals surface area contributed by atoms with Gasteiger partial charge in [-0.15, -0.1) is 0 Å². The van der Waals surface area contributed by atoms with Gasteiger partial charge >= 0.3 is 12.1 Å². The van der Waals surface area contributed by atoms with Crippen molar-refractivity contribution in [2.24, 2.45) is 11.8 Å². The minimum Gasteiger partial charge on any atom is -0.467 e. The molecule has 0 radical (unpaired) electrons. The van der Waals surface area contributed by atoms with E-state index in [1.807, 2.05) is 13.8 Å². The number of carbonyl (C=O) groups excluding carboxylic acids is 2. The molecule has 2 aliphatic heterocycles. The zero-order valence-corrected chi connectivity index (χ0v) is 19.7. The number of alkyl carbamates (subject to hydrolysis) is 1. The van der Waals surface area contributed by atoms with Crippen LogP contribution in [0, 0.1) is 11.8 Å². The van der Waals surface area contributed by atoms with E-state index in [-0.39, 0.29) is 29.6 Å². The van der Waals surface area contributed by atoms with Crippen LogP contribution in [-0.4, -0.2) is 68.4 Å². The summed E-state index contributed by atoms with van der Waals surface area (Å²) >= 11 is 0. The maximum absolute atomic E-state index is 12.6. The van der Waals surface area contributed by atoms with Gasteiger partial charge in [-0.3, -0.25) is 0 Å². The Labute approximate surface area is 185 Å². The van der Waals surface area contributed by atoms with Gasteiger partial charge in [0.25, 0.3) is 0 Å². The van der Waals surface area contributed by atoms with Crippen molar-refractivity contribution >= 4 is 12.1 Å². The lowest BCUT2D eigenvalue weighted by atomic mass is 9.68. The van der Waals surface area contributed by atoms with Crippen LogP contribution in [0.2, 0.25) is 0 Å². The summed E-state index contributed by atoms with van der Waals surface area (Å²) < 4.78 is 28.5. The third-order valence-corrected chi connectivity index (χ3v) is 6.89. The Morgan fingerprint density at radius 3 is 2.45 bits per heavy atom. The number of hydrogen-bond donors (Lipinski definition) is 1. The van der Waals surface area contributed by atoms with Crippen molar-refractivity contribution < 1.29 is 33.3 Å². The fourth-order valence-electron chi connectivity index (χ4n) is 4.99. The van der Waals surface area contributed by atoms with E-state index in [0.717, 1.165) is 12.8 Å². The first kappa shape index (κ1) is 24.0. The van der Waals surface area contributed by atoms with E-state index in [4.69, 9.17) is 23.7 Å². The Balaban J connectivity index is 1.71. The molecule has 176 valence electrons. The highest BCUT2D eigenvalue weighted by Crippen LogP contribution is 2.59. The van der Waals surface area contributed by atoms with Crippen molar-refractivity contribution in [3.8, 4) is 0 Å². The molecule has 8 heteroatoms. The van der Waals surface area contributed by atoms with Crippen LogP contribution in [-0.2, 0) is 28.5 Å². The summed E-state index contributed by atoms with van der Waals surface area (Å²) in [6.45, 7) is 10.6. The molecule has 3 rings (SSSR count). The van der Waals surface area contributed by atoms with Gasteiger partial charge in [-0.05, 0) is 46.0 Å². The van der Waals surface area contributed by atoms with E-state index >= 15 is 0 Å². The number of hydrogen-bond acceptors (Lipinski definition) is 7. The van der Waals surface area contributed by atoms with Crippen LogP contribution in [0.3, 0.4) is 0 Å². The molecule has 0 aromatic carbocycles. The van der Waals surface area contributed by atoms with Crippen molar-refractivity contribution in [2.45, 2.75) is 89.4 Å². The summed E-state index contributed by atoms with van der Waals surface area (Å²) in [5.74, 6) is -0.674. The first-order chi connectivity index (χ1) is 14.6. The topological polar surface area (TPSA) is 98.9 Å². The Morgan fingerprint density at radius 2 is 1.94 bits per heavy atom. The molecule has 8 nitrogen and oxygen atoms in total. The second kappa shape index (κ2) is 9.08. The molecule has 1 amide bonds. The zero-order valence-electron chi connectivity index (χ0n) is 19.7. The number of amides is 1. The molecular weight excluding hydrogens is 402 g/mol. The molecule has 2 saturated heterocycles.